The predicted molar refractivity (Wildman–Crippen MR) is 133 cm³/mol. The van der Waals surface area contributed by atoms with E-state index in [1.807, 2.05) is 98.8 Å². The molecule has 4 aromatic carbocycles. The molecule has 1 atom stereocenters. The molecule has 0 saturated heterocycles. The van der Waals surface area contributed by atoms with E-state index in [9.17, 15) is 9.90 Å². The second kappa shape index (κ2) is 10.8. The number of carbonyl (C=O) groups is 1. The van der Waals surface area contributed by atoms with Crippen molar-refractivity contribution >= 4 is 5.78 Å². The Morgan fingerprint density at radius 1 is 0.794 bits per heavy atom. The van der Waals surface area contributed by atoms with Gasteiger partial charge in [0, 0.05) is 11.1 Å². The Kier molecular flexibility index (Phi) is 7.41. The lowest BCUT2D eigenvalue weighted by molar-refractivity contribution is 0.0918. The molecule has 1 N–H and O–H groups in total. The van der Waals surface area contributed by atoms with Crippen molar-refractivity contribution in [3.8, 4) is 11.5 Å². The summed E-state index contributed by atoms with van der Waals surface area (Å²) in [5, 5.41) is 11.1. The van der Waals surface area contributed by atoms with E-state index in [1.165, 1.54) is 0 Å². The van der Waals surface area contributed by atoms with Crippen LogP contribution in [0.4, 0.5) is 0 Å². The average molecular weight is 453 g/mol. The number of hydrogen-bond donors (Lipinski definition) is 1. The van der Waals surface area contributed by atoms with E-state index in [4.69, 9.17) is 9.47 Å². The van der Waals surface area contributed by atoms with Gasteiger partial charge in [0.2, 0.25) is 0 Å². The molecule has 0 radical (unpaired) electrons. The number of hydrogen-bond acceptors (Lipinski definition) is 4. The molecule has 0 saturated carbocycles. The summed E-state index contributed by atoms with van der Waals surface area (Å²) in [5.41, 5.74) is 5.10. The van der Waals surface area contributed by atoms with E-state index >= 15 is 0 Å². The first-order valence-corrected chi connectivity index (χ1v) is 11.3. The Morgan fingerprint density at radius 3 is 2.18 bits per heavy atom. The molecule has 4 rings (SSSR count). The van der Waals surface area contributed by atoms with Gasteiger partial charge in [0.15, 0.2) is 12.4 Å². The number of carbonyl (C=O) groups excluding carboxylic acids is 1. The van der Waals surface area contributed by atoms with Crippen LogP contribution < -0.4 is 9.47 Å². The zero-order valence-corrected chi connectivity index (χ0v) is 19.4. The summed E-state index contributed by atoms with van der Waals surface area (Å²) in [5.74, 6) is 1.11. The molecule has 0 bridgehead atoms. The molecular weight excluding hydrogens is 424 g/mol. The van der Waals surface area contributed by atoms with Crippen molar-refractivity contribution in [2.45, 2.75) is 26.6 Å². The normalized spacial score (nSPS) is 11.6. The van der Waals surface area contributed by atoms with Gasteiger partial charge in [-0.05, 0) is 48.7 Å². The molecule has 172 valence electrons. The summed E-state index contributed by atoms with van der Waals surface area (Å²) in [6.45, 7) is 4.31. The number of aliphatic hydroxyl groups is 1. The molecule has 0 aliphatic rings. The number of rotatable bonds is 9. The fourth-order valence-electron chi connectivity index (χ4n) is 3.63. The monoisotopic (exact) mass is 452 g/mol. The van der Waals surface area contributed by atoms with E-state index in [2.05, 4.69) is 0 Å². The summed E-state index contributed by atoms with van der Waals surface area (Å²) in [6, 6.07) is 30.3. The topological polar surface area (TPSA) is 55.8 Å². The van der Waals surface area contributed by atoms with Crippen molar-refractivity contribution in [1.82, 2.24) is 0 Å². The van der Waals surface area contributed by atoms with Crippen molar-refractivity contribution in [3.05, 3.63) is 130 Å². The van der Waals surface area contributed by atoms with Gasteiger partial charge in [-0.15, -0.1) is 0 Å². The molecule has 4 heteroatoms. The Labute approximate surface area is 200 Å². The first-order chi connectivity index (χ1) is 16.5. The number of aryl methyl sites for hydroxylation is 2. The highest BCUT2D eigenvalue weighted by Gasteiger charge is 2.17. The lowest BCUT2D eigenvalue weighted by atomic mass is 9.99. The lowest BCUT2D eigenvalue weighted by Gasteiger charge is -2.18. The van der Waals surface area contributed by atoms with E-state index < -0.39 is 6.10 Å². The first kappa shape index (κ1) is 23.3. The van der Waals surface area contributed by atoms with Crippen LogP contribution in [0.5, 0.6) is 11.5 Å². The van der Waals surface area contributed by atoms with Gasteiger partial charge in [0.25, 0.3) is 0 Å². The standard InChI is InChI=1S/C30H28O4/c1-21-8-11-24(12-9-21)28(31)20-34-29-18-22(2)10-17-27(29)30(32)25-13-15-26(16-14-25)33-19-23-6-4-3-5-7-23/h3-18,30,32H,19-20H2,1-2H3. The van der Waals surface area contributed by atoms with Crippen LogP contribution in [-0.4, -0.2) is 17.5 Å². The first-order valence-electron chi connectivity index (χ1n) is 11.3. The second-order valence-electron chi connectivity index (χ2n) is 8.37. The summed E-state index contributed by atoms with van der Waals surface area (Å²) in [7, 11) is 0. The van der Waals surface area contributed by atoms with Gasteiger partial charge in [-0.2, -0.15) is 0 Å². The van der Waals surface area contributed by atoms with Crippen molar-refractivity contribution in [3.63, 3.8) is 0 Å². The third-order valence-corrected chi connectivity index (χ3v) is 5.64. The minimum Gasteiger partial charge on any atom is -0.489 e. The maximum absolute atomic E-state index is 12.6. The quantitative estimate of drug-likeness (QED) is 0.306. The maximum Gasteiger partial charge on any atom is 0.200 e. The van der Waals surface area contributed by atoms with E-state index in [0.717, 1.165) is 22.4 Å². The summed E-state index contributed by atoms with van der Waals surface area (Å²) in [4.78, 5) is 12.6. The van der Waals surface area contributed by atoms with Gasteiger partial charge in [-0.25, -0.2) is 0 Å². The van der Waals surface area contributed by atoms with Crippen LogP contribution in [0.15, 0.2) is 97.1 Å². The highest BCUT2D eigenvalue weighted by molar-refractivity contribution is 5.97. The van der Waals surface area contributed by atoms with Crippen LogP contribution in [0.25, 0.3) is 0 Å². The van der Waals surface area contributed by atoms with Gasteiger partial charge < -0.3 is 14.6 Å². The number of aliphatic hydroxyl groups excluding tert-OH is 1. The predicted octanol–water partition coefficient (Wildman–Crippen LogP) is 6.23. The summed E-state index contributed by atoms with van der Waals surface area (Å²) in [6.07, 6.45) is -0.895. The Bertz CT molecular complexity index is 1230. The molecule has 0 fully saturated rings. The van der Waals surface area contributed by atoms with Gasteiger partial charge in [0.05, 0.1) is 0 Å². The average Bonchev–Trinajstić information content (AvgIpc) is 2.87. The SMILES string of the molecule is Cc1ccc(C(=O)COc2cc(C)ccc2C(O)c2ccc(OCc3ccccc3)cc2)cc1. The summed E-state index contributed by atoms with van der Waals surface area (Å²) >= 11 is 0. The number of Topliss-reactive ketones (excluding diaryl/α,β-unsaturated/α-hetero) is 1. The van der Waals surface area contributed by atoms with Crippen LogP contribution in [0.3, 0.4) is 0 Å². The highest BCUT2D eigenvalue weighted by Crippen LogP contribution is 2.32. The molecule has 0 spiro atoms. The van der Waals surface area contributed by atoms with Crippen molar-refractivity contribution in [2.75, 3.05) is 6.61 Å². The molecule has 0 aliphatic heterocycles. The fourth-order valence-corrected chi connectivity index (χ4v) is 3.63. The Hall–Kier alpha value is -3.89. The molecule has 0 aliphatic carbocycles. The third kappa shape index (κ3) is 5.91. The van der Waals surface area contributed by atoms with Crippen molar-refractivity contribution < 1.29 is 19.4 Å². The zero-order valence-electron chi connectivity index (χ0n) is 19.4. The van der Waals surface area contributed by atoms with Gasteiger partial charge in [-0.1, -0.05) is 84.4 Å². The van der Waals surface area contributed by atoms with Crippen LogP contribution in [0.1, 0.15) is 44.3 Å². The van der Waals surface area contributed by atoms with Gasteiger partial charge >= 0.3 is 0 Å². The van der Waals surface area contributed by atoms with E-state index in [0.29, 0.717) is 29.0 Å². The maximum atomic E-state index is 12.6. The molecule has 0 aromatic heterocycles. The molecule has 1 unspecified atom stereocenters. The van der Waals surface area contributed by atoms with Crippen molar-refractivity contribution in [1.29, 1.82) is 0 Å². The lowest BCUT2D eigenvalue weighted by Crippen LogP contribution is -2.13. The number of ketones is 1. The van der Waals surface area contributed by atoms with Gasteiger partial charge in [0.1, 0.15) is 24.2 Å². The molecule has 34 heavy (non-hydrogen) atoms. The molecular formula is C30H28O4. The Morgan fingerprint density at radius 2 is 1.47 bits per heavy atom. The summed E-state index contributed by atoms with van der Waals surface area (Å²) < 4.78 is 11.7. The largest absolute Gasteiger partial charge is 0.489 e. The Balaban J connectivity index is 1.44. The van der Waals surface area contributed by atoms with Crippen LogP contribution >= 0.6 is 0 Å². The fraction of sp³-hybridized carbons (Fsp3) is 0.167. The number of benzene rings is 4. The zero-order chi connectivity index (χ0) is 23.9. The number of ether oxygens (including phenoxy) is 2. The molecule has 0 amide bonds. The van der Waals surface area contributed by atoms with E-state index in [-0.39, 0.29) is 12.4 Å². The molecule has 4 nitrogen and oxygen atoms in total. The van der Waals surface area contributed by atoms with Crippen LogP contribution in [0.2, 0.25) is 0 Å². The van der Waals surface area contributed by atoms with Crippen LogP contribution in [0, 0.1) is 13.8 Å². The third-order valence-electron chi connectivity index (χ3n) is 5.64. The van der Waals surface area contributed by atoms with Crippen molar-refractivity contribution in [2.24, 2.45) is 0 Å². The second-order valence-corrected chi connectivity index (χ2v) is 8.37. The molecule has 0 heterocycles. The van der Waals surface area contributed by atoms with E-state index in [1.54, 1.807) is 12.1 Å². The smallest absolute Gasteiger partial charge is 0.200 e. The highest BCUT2D eigenvalue weighted by atomic mass is 16.5. The van der Waals surface area contributed by atoms with Crippen LogP contribution in [-0.2, 0) is 6.61 Å². The van der Waals surface area contributed by atoms with Gasteiger partial charge in [-0.3, -0.25) is 4.79 Å². The minimum atomic E-state index is -0.895. The molecule has 4 aromatic rings. The minimum absolute atomic E-state index is 0.0987.